The average molecular weight is 289 g/mol. The molecule has 0 N–H and O–H groups in total. The van der Waals surface area contributed by atoms with Crippen molar-refractivity contribution in [1.29, 1.82) is 0 Å². The Morgan fingerprint density at radius 2 is 1.91 bits per heavy atom. The Hall–Kier alpha value is -3.21. The number of carbonyl (C=O) groups is 1. The summed E-state index contributed by atoms with van der Waals surface area (Å²) in [6.45, 7) is 0. The molecule has 4 aromatic rings. The molecule has 0 fully saturated rings. The lowest BCUT2D eigenvalue weighted by Crippen LogP contribution is -2.01. The van der Waals surface area contributed by atoms with Crippen LogP contribution in [0.15, 0.2) is 71.6 Å². The second kappa shape index (κ2) is 4.96. The van der Waals surface area contributed by atoms with Gasteiger partial charge in [0.05, 0.1) is 23.7 Å². The van der Waals surface area contributed by atoms with Gasteiger partial charge in [-0.15, -0.1) is 0 Å². The molecule has 0 radical (unpaired) electrons. The maximum Gasteiger partial charge on any atom is 0.233 e. The van der Waals surface area contributed by atoms with E-state index in [0.29, 0.717) is 11.2 Å². The number of carbonyl (C=O) groups excluding carboxylic acids is 1. The van der Waals surface area contributed by atoms with E-state index in [0.717, 1.165) is 11.3 Å². The van der Waals surface area contributed by atoms with Crippen LogP contribution in [0.1, 0.15) is 16.1 Å². The lowest BCUT2D eigenvalue weighted by atomic mass is 10.1. The van der Waals surface area contributed by atoms with Gasteiger partial charge in [-0.3, -0.25) is 4.79 Å². The lowest BCUT2D eigenvalue weighted by Gasteiger charge is -2.04. The van der Waals surface area contributed by atoms with Crippen LogP contribution in [0.2, 0.25) is 0 Å². The summed E-state index contributed by atoms with van der Waals surface area (Å²) in [7, 11) is 0. The van der Waals surface area contributed by atoms with Gasteiger partial charge in [0.1, 0.15) is 0 Å². The van der Waals surface area contributed by atoms with Crippen LogP contribution in [-0.4, -0.2) is 20.4 Å². The number of benzene rings is 1. The van der Waals surface area contributed by atoms with Crippen molar-refractivity contribution >= 4 is 11.4 Å². The molecule has 4 rings (SSSR count). The Kier molecular flexibility index (Phi) is 2.83. The average Bonchev–Trinajstić information content (AvgIpc) is 3.24. The fourth-order valence-corrected chi connectivity index (χ4v) is 2.42. The highest BCUT2D eigenvalue weighted by atomic mass is 16.3. The lowest BCUT2D eigenvalue weighted by molar-refractivity contribution is 0.101. The number of hydrogen-bond donors (Lipinski definition) is 0. The minimum absolute atomic E-state index is 0.224. The Morgan fingerprint density at radius 1 is 1.05 bits per heavy atom. The molecule has 5 heteroatoms. The molecule has 0 atom stereocenters. The summed E-state index contributed by atoms with van der Waals surface area (Å²) in [5.41, 5.74) is 2.83. The number of ketones is 1. The quantitative estimate of drug-likeness (QED) is 0.543. The van der Waals surface area contributed by atoms with Crippen molar-refractivity contribution in [2.75, 3.05) is 0 Å². The SMILES string of the molecule is O=C(c1ccco1)c1cnn2c(-c3ccccc3)ccnc12. The molecule has 1 aromatic carbocycles. The number of aromatic nitrogens is 3. The Morgan fingerprint density at radius 3 is 2.68 bits per heavy atom. The molecule has 0 aliphatic carbocycles. The molecule has 0 aliphatic heterocycles. The molecule has 22 heavy (non-hydrogen) atoms. The molecule has 5 nitrogen and oxygen atoms in total. The molecule has 0 saturated carbocycles. The summed E-state index contributed by atoms with van der Waals surface area (Å²) in [6.07, 6.45) is 4.68. The minimum Gasteiger partial charge on any atom is -0.461 e. The second-order valence-corrected chi connectivity index (χ2v) is 4.80. The first kappa shape index (κ1) is 12.5. The summed E-state index contributed by atoms with van der Waals surface area (Å²) in [4.78, 5) is 16.7. The summed E-state index contributed by atoms with van der Waals surface area (Å²) in [6, 6.07) is 15.0. The van der Waals surface area contributed by atoms with Gasteiger partial charge in [-0.05, 0) is 18.2 Å². The summed E-state index contributed by atoms with van der Waals surface area (Å²) in [5, 5.41) is 4.32. The number of rotatable bonds is 3. The van der Waals surface area contributed by atoms with Gasteiger partial charge in [-0.2, -0.15) is 5.10 Å². The largest absolute Gasteiger partial charge is 0.461 e. The number of hydrogen-bond acceptors (Lipinski definition) is 4. The number of fused-ring (bicyclic) bond motifs is 1. The van der Waals surface area contributed by atoms with E-state index in [1.54, 1.807) is 22.8 Å². The summed E-state index contributed by atoms with van der Waals surface area (Å²) < 4.78 is 6.84. The predicted molar refractivity (Wildman–Crippen MR) is 80.6 cm³/mol. The first-order valence-electron chi connectivity index (χ1n) is 6.81. The van der Waals surface area contributed by atoms with Gasteiger partial charge < -0.3 is 4.42 Å². The Balaban J connectivity index is 1.89. The highest BCUT2D eigenvalue weighted by Gasteiger charge is 2.19. The normalized spacial score (nSPS) is 10.9. The maximum atomic E-state index is 12.4. The van der Waals surface area contributed by atoms with Gasteiger partial charge in [0, 0.05) is 11.8 Å². The first-order valence-corrected chi connectivity index (χ1v) is 6.81. The molecule has 0 aliphatic rings. The maximum absolute atomic E-state index is 12.4. The van der Waals surface area contributed by atoms with Crippen molar-refractivity contribution in [1.82, 2.24) is 14.6 Å². The highest BCUT2D eigenvalue weighted by molar-refractivity contribution is 6.10. The van der Waals surface area contributed by atoms with Crippen molar-refractivity contribution < 1.29 is 9.21 Å². The fourth-order valence-electron chi connectivity index (χ4n) is 2.42. The standard InChI is InChI=1S/C17H11N3O2/c21-16(15-7-4-10-22-15)13-11-19-20-14(8-9-18-17(13)20)12-5-2-1-3-6-12/h1-11H. The van der Waals surface area contributed by atoms with Crippen LogP contribution in [-0.2, 0) is 0 Å². The molecule has 3 aromatic heterocycles. The van der Waals surface area contributed by atoms with Gasteiger partial charge in [0.2, 0.25) is 5.78 Å². The molecule has 0 unspecified atom stereocenters. The third-order valence-corrected chi connectivity index (χ3v) is 3.46. The molecule has 106 valence electrons. The van der Waals surface area contributed by atoms with Crippen LogP contribution in [0.25, 0.3) is 16.9 Å². The molecular weight excluding hydrogens is 278 g/mol. The van der Waals surface area contributed by atoms with Gasteiger partial charge >= 0.3 is 0 Å². The number of nitrogens with zero attached hydrogens (tertiary/aromatic N) is 3. The van der Waals surface area contributed by atoms with Crippen molar-refractivity contribution in [2.24, 2.45) is 0 Å². The minimum atomic E-state index is -0.224. The summed E-state index contributed by atoms with van der Waals surface area (Å²) >= 11 is 0. The Labute approximate surface area is 125 Å². The molecule has 0 bridgehead atoms. The van der Waals surface area contributed by atoms with Crippen molar-refractivity contribution in [2.45, 2.75) is 0 Å². The molecule has 0 saturated heterocycles. The van der Waals surface area contributed by atoms with E-state index < -0.39 is 0 Å². The summed E-state index contributed by atoms with van der Waals surface area (Å²) in [5.74, 6) is 0.0551. The van der Waals surface area contributed by atoms with Crippen LogP contribution in [0, 0.1) is 0 Å². The molecule has 0 amide bonds. The fraction of sp³-hybridized carbons (Fsp3) is 0. The molecule has 0 spiro atoms. The first-order chi connectivity index (χ1) is 10.8. The van der Waals surface area contributed by atoms with Gasteiger partial charge in [-0.25, -0.2) is 9.50 Å². The van der Waals surface area contributed by atoms with Crippen molar-refractivity contribution in [3.8, 4) is 11.3 Å². The second-order valence-electron chi connectivity index (χ2n) is 4.80. The van der Waals surface area contributed by atoms with Crippen LogP contribution >= 0.6 is 0 Å². The van der Waals surface area contributed by atoms with Crippen LogP contribution in [0.3, 0.4) is 0 Å². The van der Waals surface area contributed by atoms with Crippen LogP contribution < -0.4 is 0 Å². The van der Waals surface area contributed by atoms with E-state index >= 15 is 0 Å². The van der Waals surface area contributed by atoms with E-state index in [4.69, 9.17) is 4.42 Å². The van der Waals surface area contributed by atoms with Crippen LogP contribution in [0.5, 0.6) is 0 Å². The third kappa shape index (κ3) is 1.91. The van der Waals surface area contributed by atoms with Gasteiger partial charge in [-0.1, -0.05) is 30.3 Å². The van der Waals surface area contributed by atoms with Crippen molar-refractivity contribution in [3.05, 3.63) is 78.5 Å². The molecular formula is C17H11N3O2. The topological polar surface area (TPSA) is 60.4 Å². The zero-order chi connectivity index (χ0) is 14.9. The van der Waals surface area contributed by atoms with E-state index in [2.05, 4.69) is 10.1 Å². The monoisotopic (exact) mass is 289 g/mol. The van der Waals surface area contributed by atoms with E-state index in [1.165, 1.54) is 12.5 Å². The van der Waals surface area contributed by atoms with Gasteiger partial charge in [0.15, 0.2) is 11.4 Å². The predicted octanol–water partition coefficient (Wildman–Crippen LogP) is 3.22. The van der Waals surface area contributed by atoms with E-state index in [9.17, 15) is 4.79 Å². The van der Waals surface area contributed by atoms with E-state index in [-0.39, 0.29) is 11.5 Å². The zero-order valence-electron chi connectivity index (χ0n) is 11.5. The zero-order valence-corrected chi connectivity index (χ0v) is 11.5. The van der Waals surface area contributed by atoms with E-state index in [1.807, 2.05) is 36.4 Å². The van der Waals surface area contributed by atoms with Crippen LogP contribution in [0.4, 0.5) is 0 Å². The third-order valence-electron chi connectivity index (χ3n) is 3.46. The van der Waals surface area contributed by atoms with Gasteiger partial charge in [0.25, 0.3) is 0 Å². The Bertz CT molecular complexity index is 941. The van der Waals surface area contributed by atoms with Crippen molar-refractivity contribution in [3.63, 3.8) is 0 Å². The smallest absolute Gasteiger partial charge is 0.233 e. The molecule has 3 heterocycles. The number of furan rings is 1. The highest BCUT2D eigenvalue weighted by Crippen LogP contribution is 2.22.